The highest BCUT2D eigenvalue weighted by Gasteiger charge is 2.03. The van der Waals surface area contributed by atoms with Crippen LogP contribution in [0, 0.1) is 0 Å². The predicted octanol–water partition coefficient (Wildman–Crippen LogP) is 0.867. The van der Waals surface area contributed by atoms with Crippen LogP contribution in [0.3, 0.4) is 0 Å². The van der Waals surface area contributed by atoms with E-state index in [1.807, 2.05) is 0 Å². The summed E-state index contributed by atoms with van der Waals surface area (Å²) in [6, 6.07) is 4.38. The summed E-state index contributed by atoms with van der Waals surface area (Å²) in [6.45, 7) is 0.0722. The Balaban J connectivity index is 2.44. The van der Waals surface area contributed by atoms with E-state index in [4.69, 9.17) is 5.11 Å². The van der Waals surface area contributed by atoms with Crippen LogP contribution in [0.1, 0.15) is 0 Å². The van der Waals surface area contributed by atoms with Gasteiger partial charge in [0.2, 0.25) is 0 Å². The molecular formula is C9H11NO4S. The van der Waals surface area contributed by atoms with Crippen LogP contribution in [-0.4, -0.2) is 29.8 Å². The summed E-state index contributed by atoms with van der Waals surface area (Å²) in [7, 11) is 1.31. The molecule has 6 heteroatoms. The molecule has 0 atom stereocenters. The maximum absolute atomic E-state index is 10.7. The predicted molar refractivity (Wildman–Crippen MR) is 55.6 cm³/mol. The fourth-order valence-corrected chi connectivity index (χ4v) is 1.48. The van der Waals surface area contributed by atoms with Gasteiger partial charge in [0.15, 0.2) is 11.5 Å². The number of nitrogens with one attached hydrogen (secondary N) is 1. The van der Waals surface area contributed by atoms with E-state index in [2.05, 4.69) is 9.46 Å². The lowest BCUT2D eigenvalue weighted by Crippen LogP contribution is -2.17. The average molecular weight is 229 g/mol. The van der Waals surface area contributed by atoms with E-state index >= 15 is 0 Å². The zero-order chi connectivity index (χ0) is 11.3. The Morgan fingerprint density at radius 1 is 1.47 bits per heavy atom. The summed E-state index contributed by atoms with van der Waals surface area (Å²) in [5.74, 6) is -0.738. The molecule has 0 aliphatic carbocycles. The van der Waals surface area contributed by atoms with Crippen molar-refractivity contribution >= 4 is 17.9 Å². The van der Waals surface area contributed by atoms with Crippen molar-refractivity contribution in [3.05, 3.63) is 18.2 Å². The van der Waals surface area contributed by atoms with Crippen LogP contribution in [-0.2, 0) is 9.53 Å². The summed E-state index contributed by atoms with van der Waals surface area (Å²) in [4.78, 5) is 11.4. The van der Waals surface area contributed by atoms with Gasteiger partial charge in [0.25, 0.3) is 0 Å². The topological polar surface area (TPSA) is 78.8 Å². The molecule has 15 heavy (non-hydrogen) atoms. The summed E-state index contributed by atoms with van der Waals surface area (Å²) in [6.07, 6.45) is 0. The maximum atomic E-state index is 10.7. The number of aromatic hydroxyl groups is 2. The standard InChI is InChI=1S/C9H11NO4S/c1-14-9(13)5-10-15-6-2-3-7(11)8(12)4-6/h2-4,10-12H,5H2,1H3. The van der Waals surface area contributed by atoms with E-state index in [0.29, 0.717) is 4.90 Å². The molecule has 0 radical (unpaired) electrons. The van der Waals surface area contributed by atoms with Crippen molar-refractivity contribution in [2.24, 2.45) is 0 Å². The minimum absolute atomic E-state index is 0.0722. The Hall–Kier alpha value is -1.40. The second kappa shape index (κ2) is 5.47. The highest BCUT2D eigenvalue weighted by atomic mass is 32.2. The molecule has 0 heterocycles. The SMILES string of the molecule is COC(=O)CNSc1ccc(O)c(O)c1. The lowest BCUT2D eigenvalue weighted by atomic mass is 10.3. The highest BCUT2D eigenvalue weighted by molar-refractivity contribution is 7.97. The summed E-state index contributed by atoms with van der Waals surface area (Å²) < 4.78 is 7.18. The molecule has 1 aromatic carbocycles. The third-order valence-corrected chi connectivity index (χ3v) is 2.36. The zero-order valence-electron chi connectivity index (χ0n) is 8.06. The van der Waals surface area contributed by atoms with Crippen molar-refractivity contribution < 1.29 is 19.7 Å². The molecule has 1 rings (SSSR count). The van der Waals surface area contributed by atoms with Crippen LogP contribution < -0.4 is 4.72 Å². The molecular weight excluding hydrogens is 218 g/mol. The second-order valence-electron chi connectivity index (χ2n) is 2.65. The summed E-state index contributed by atoms with van der Waals surface area (Å²) >= 11 is 1.17. The third-order valence-electron chi connectivity index (χ3n) is 1.58. The Morgan fingerprint density at radius 3 is 2.80 bits per heavy atom. The largest absolute Gasteiger partial charge is 0.504 e. The molecule has 0 unspecified atom stereocenters. The number of hydrogen-bond donors (Lipinski definition) is 3. The first-order chi connectivity index (χ1) is 7.13. The van der Waals surface area contributed by atoms with E-state index in [1.54, 1.807) is 6.07 Å². The minimum Gasteiger partial charge on any atom is -0.504 e. The van der Waals surface area contributed by atoms with Crippen molar-refractivity contribution in [1.29, 1.82) is 0 Å². The lowest BCUT2D eigenvalue weighted by molar-refractivity contribution is -0.139. The molecule has 82 valence electrons. The number of ether oxygens (including phenoxy) is 1. The molecule has 0 aliphatic rings. The Bertz CT molecular complexity index is 356. The number of methoxy groups -OCH3 is 1. The van der Waals surface area contributed by atoms with Crippen LogP contribution in [0.4, 0.5) is 0 Å². The maximum Gasteiger partial charge on any atom is 0.320 e. The fourth-order valence-electron chi connectivity index (χ4n) is 0.817. The highest BCUT2D eigenvalue weighted by Crippen LogP contribution is 2.28. The molecule has 3 N–H and O–H groups in total. The average Bonchev–Trinajstić information content (AvgIpc) is 2.23. The van der Waals surface area contributed by atoms with Crippen LogP contribution in [0.5, 0.6) is 11.5 Å². The van der Waals surface area contributed by atoms with Crippen LogP contribution in [0.15, 0.2) is 23.1 Å². The quantitative estimate of drug-likeness (QED) is 0.404. The number of esters is 1. The van der Waals surface area contributed by atoms with Crippen molar-refractivity contribution in [1.82, 2.24) is 4.72 Å². The molecule has 0 fully saturated rings. The molecule has 0 saturated heterocycles. The van der Waals surface area contributed by atoms with Crippen LogP contribution in [0.25, 0.3) is 0 Å². The number of phenols is 2. The van der Waals surface area contributed by atoms with E-state index in [9.17, 15) is 9.90 Å². The molecule has 0 aliphatic heterocycles. The second-order valence-corrected chi connectivity index (χ2v) is 3.61. The number of benzene rings is 1. The van der Waals surface area contributed by atoms with E-state index < -0.39 is 0 Å². The molecule has 0 bridgehead atoms. The molecule has 0 spiro atoms. The monoisotopic (exact) mass is 229 g/mol. The van der Waals surface area contributed by atoms with Crippen molar-refractivity contribution in [2.45, 2.75) is 4.90 Å². The van der Waals surface area contributed by atoms with Crippen molar-refractivity contribution in [3.8, 4) is 11.5 Å². The summed E-state index contributed by atoms with van der Waals surface area (Å²) in [5, 5.41) is 18.2. The van der Waals surface area contributed by atoms with Crippen LogP contribution >= 0.6 is 11.9 Å². The Morgan fingerprint density at radius 2 is 2.20 bits per heavy atom. The first-order valence-corrected chi connectivity index (χ1v) is 4.93. The number of rotatable bonds is 4. The Labute approximate surface area is 91.2 Å². The van der Waals surface area contributed by atoms with Gasteiger partial charge in [0, 0.05) is 4.90 Å². The van der Waals surface area contributed by atoms with Gasteiger partial charge >= 0.3 is 5.97 Å². The Kier molecular flexibility index (Phi) is 4.26. The number of carbonyl (C=O) groups excluding carboxylic acids is 1. The van der Waals surface area contributed by atoms with Gasteiger partial charge < -0.3 is 14.9 Å². The van der Waals surface area contributed by atoms with Gasteiger partial charge in [-0.2, -0.15) is 0 Å². The van der Waals surface area contributed by atoms with Crippen molar-refractivity contribution in [3.63, 3.8) is 0 Å². The normalized spacial score (nSPS) is 9.93. The number of carbonyl (C=O) groups is 1. The fraction of sp³-hybridized carbons (Fsp3) is 0.222. The lowest BCUT2D eigenvalue weighted by Gasteiger charge is -2.04. The van der Waals surface area contributed by atoms with Gasteiger partial charge in [-0.1, -0.05) is 0 Å². The molecule has 5 nitrogen and oxygen atoms in total. The molecule has 1 aromatic rings. The van der Waals surface area contributed by atoms with Gasteiger partial charge in [-0.05, 0) is 30.1 Å². The van der Waals surface area contributed by atoms with Gasteiger partial charge in [-0.3, -0.25) is 4.79 Å². The number of hydrogen-bond acceptors (Lipinski definition) is 6. The van der Waals surface area contributed by atoms with E-state index in [-0.39, 0.29) is 24.0 Å². The zero-order valence-corrected chi connectivity index (χ0v) is 8.87. The van der Waals surface area contributed by atoms with Gasteiger partial charge in [0.1, 0.15) is 6.54 Å². The van der Waals surface area contributed by atoms with Gasteiger partial charge in [-0.25, -0.2) is 4.72 Å². The third kappa shape index (κ3) is 3.69. The van der Waals surface area contributed by atoms with Crippen LogP contribution in [0.2, 0.25) is 0 Å². The van der Waals surface area contributed by atoms with Gasteiger partial charge in [0.05, 0.1) is 7.11 Å². The van der Waals surface area contributed by atoms with Gasteiger partial charge in [-0.15, -0.1) is 0 Å². The first kappa shape index (κ1) is 11.7. The molecule has 0 aromatic heterocycles. The molecule has 0 saturated carbocycles. The minimum atomic E-state index is -0.370. The molecule has 0 amide bonds. The van der Waals surface area contributed by atoms with E-state index in [1.165, 1.54) is 31.2 Å². The smallest absolute Gasteiger partial charge is 0.320 e. The first-order valence-electron chi connectivity index (χ1n) is 4.12. The van der Waals surface area contributed by atoms with Crippen molar-refractivity contribution in [2.75, 3.05) is 13.7 Å². The number of phenolic OH excluding ortho intramolecular Hbond substituents is 2. The summed E-state index contributed by atoms with van der Waals surface area (Å²) in [5.41, 5.74) is 0. The van der Waals surface area contributed by atoms with E-state index in [0.717, 1.165) is 0 Å².